The second-order valence-electron chi connectivity index (χ2n) is 9.78. The maximum atomic E-state index is 13.5. The maximum Gasteiger partial charge on any atom is 0.239 e. The van der Waals surface area contributed by atoms with Crippen molar-refractivity contribution in [2.45, 2.75) is 46.5 Å². The molecule has 2 aliphatic carbocycles. The zero-order chi connectivity index (χ0) is 24.3. The van der Waals surface area contributed by atoms with Crippen LogP contribution in [-0.4, -0.2) is 17.5 Å². The number of ketones is 2. The van der Waals surface area contributed by atoms with Gasteiger partial charge in [0.1, 0.15) is 5.41 Å². The molecule has 3 atom stereocenters. The Hall–Kier alpha value is -2.68. The Kier molecular flexibility index (Phi) is 5.47. The Morgan fingerprint density at radius 1 is 1.06 bits per heavy atom. The molecule has 1 N–H and O–H groups in total. The number of hydrogen-bond acceptors (Lipinski definition) is 4. The molecule has 0 spiro atoms. The van der Waals surface area contributed by atoms with Gasteiger partial charge < -0.3 is 5.32 Å². The van der Waals surface area contributed by atoms with E-state index in [2.05, 4.69) is 11.4 Å². The number of benzene rings is 2. The Morgan fingerprint density at radius 3 is 2.24 bits per heavy atom. The van der Waals surface area contributed by atoms with E-state index in [0.29, 0.717) is 39.7 Å². The van der Waals surface area contributed by atoms with E-state index in [1.807, 2.05) is 13.8 Å². The highest BCUT2D eigenvalue weighted by atomic mass is 35.5. The van der Waals surface area contributed by atoms with Crippen molar-refractivity contribution < 1.29 is 14.4 Å². The zero-order valence-corrected chi connectivity index (χ0v) is 20.4. The number of aryl methyl sites for hydroxylation is 1. The summed E-state index contributed by atoms with van der Waals surface area (Å²) in [5, 5.41) is 13.6. The van der Waals surface area contributed by atoms with Crippen LogP contribution in [-0.2, 0) is 14.4 Å². The van der Waals surface area contributed by atoms with E-state index in [1.165, 1.54) is 0 Å². The highest BCUT2D eigenvalue weighted by Gasteiger charge is 2.77. The molecule has 1 amide bonds. The lowest BCUT2D eigenvalue weighted by Crippen LogP contribution is -2.47. The standard InChI is InChI=1S/C26H24Cl2N2O3/c1-14-11-17(18(13-29)15-5-7-16(27)8-6-15)19(28)12-20(14)30-23(33)26-10-9-25(4,24(26,2)3)21(31)22(26)32/h5-8,11-12,18H,9-10H2,1-4H3,(H,30,33). The van der Waals surface area contributed by atoms with Gasteiger partial charge in [-0.05, 0) is 60.1 Å². The van der Waals surface area contributed by atoms with Crippen LogP contribution in [0.1, 0.15) is 56.2 Å². The van der Waals surface area contributed by atoms with Crippen LogP contribution in [0.25, 0.3) is 0 Å². The highest BCUT2D eigenvalue weighted by molar-refractivity contribution is 6.49. The molecule has 4 rings (SSSR count). The first-order valence-electron chi connectivity index (χ1n) is 10.8. The van der Waals surface area contributed by atoms with Gasteiger partial charge in [0.05, 0.1) is 12.0 Å². The Labute approximate surface area is 203 Å². The minimum atomic E-state index is -1.39. The number of rotatable bonds is 4. The number of Topliss-reactive ketones (excluding diaryl/α,β-unsaturated/α-hetero) is 2. The van der Waals surface area contributed by atoms with Gasteiger partial charge in [0.25, 0.3) is 0 Å². The number of anilines is 1. The quantitative estimate of drug-likeness (QED) is 0.436. The molecule has 2 saturated carbocycles. The summed E-state index contributed by atoms with van der Waals surface area (Å²) in [6, 6.07) is 12.6. The van der Waals surface area contributed by atoms with E-state index < -0.39 is 39.6 Å². The third-order valence-electron chi connectivity index (χ3n) is 8.16. The summed E-state index contributed by atoms with van der Waals surface area (Å²) in [5.74, 6) is -2.15. The smallest absolute Gasteiger partial charge is 0.239 e. The second-order valence-corrected chi connectivity index (χ2v) is 10.6. The third kappa shape index (κ3) is 3.08. The summed E-state index contributed by atoms with van der Waals surface area (Å²) in [4.78, 5) is 39.2. The molecular weight excluding hydrogens is 459 g/mol. The number of carbonyl (C=O) groups excluding carboxylic acids is 3. The predicted octanol–water partition coefficient (Wildman–Crippen LogP) is 5.86. The van der Waals surface area contributed by atoms with Crippen molar-refractivity contribution in [2.75, 3.05) is 5.32 Å². The highest BCUT2D eigenvalue weighted by Crippen LogP contribution is 2.69. The summed E-state index contributed by atoms with van der Waals surface area (Å²) in [6.07, 6.45) is 0.840. The first-order valence-corrected chi connectivity index (χ1v) is 11.5. The van der Waals surface area contributed by atoms with E-state index in [1.54, 1.807) is 50.2 Å². The lowest BCUT2D eigenvalue weighted by atomic mass is 9.64. The average Bonchev–Trinajstić information content (AvgIpc) is 3.04. The molecule has 3 unspecified atom stereocenters. The van der Waals surface area contributed by atoms with Crippen molar-refractivity contribution in [3.8, 4) is 6.07 Å². The summed E-state index contributed by atoms with van der Waals surface area (Å²) in [6.45, 7) is 7.24. The first-order chi connectivity index (χ1) is 15.4. The SMILES string of the molecule is Cc1cc(C(C#N)c2ccc(Cl)cc2)c(Cl)cc1NC(=O)C12CCC(C)(C(=O)C1=O)C2(C)C. The van der Waals surface area contributed by atoms with Gasteiger partial charge in [0.2, 0.25) is 17.5 Å². The van der Waals surface area contributed by atoms with Crippen molar-refractivity contribution in [3.05, 3.63) is 63.1 Å². The molecule has 2 aromatic rings. The van der Waals surface area contributed by atoms with Gasteiger partial charge in [-0.15, -0.1) is 0 Å². The van der Waals surface area contributed by atoms with Gasteiger partial charge in [0.15, 0.2) is 0 Å². The molecule has 0 radical (unpaired) electrons. The number of nitrogens with one attached hydrogen (secondary N) is 1. The monoisotopic (exact) mass is 482 g/mol. The van der Waals surface area contributed by atoms with Gasteiger partial charge in [-0.25, -0.2) is 0 Å². The number of halogens is 2. The molecule has 7 heteroatoms. The largest absolute Gasteiger partial charge is 0.325 e. The normalized spacial score (nSPS) is 26.2. The van der Waals surface area contributed by atoms with Crippen LogP contribution in [0.3, 0.4) is 0 Å². The molecule has 170 valence electrons. The Bertz CT molecular complexity index is 1250. The minimum Gasteiger partial charge on any atom is -0.325 e. The van der Waals surface area contributed by atoms with Crippen molar-refractivity contribution in [3.63, 3.8) is 0 Å². The number of hydrogen-bond donors (Lipinski definition) is 1. The van der Waals surface area contributed by atoms with Gasteiger partial charge in [-0.3, -0.25) is 14.4 Å². The maximum absolute atomic E-state index is 13.5. The number of amides is 1. The van der Waals surface area contributed by atoms with Crippen molar-refractivity contribution >= 4 is 46.4 Å². The topological polar surface area (TPSA) is 87.0 Å². The molecule has 2 aliphatic rings. The van der Waals surface area contributed by atoms with Gasteiger partial charge in [-0.1, -0.05) is 62.2 Å². The van der Waals surface area contributed by atoms with Crippen molar-refractivity contribution in [2.24, 2.45) is 16.2 Å². The molecule has 5 nitrogen and oxygen atoms in total. The molecule has 2 aromatic carbocycles. The number of carbonyl (C=O) groups is 3. The summed E-state index contributed by atoms with van der Waals surface area (Å²) in [5.41, 5.74) is -0.518. The third-order valence-corrected chi connectivity index (χ3v) is 8.74. The summed E-state index contributed by atoms with van der Waals surface area (Å²) >= 11 is 12.5. The van der Waals surface area contributed by atoms with Gasteiger partial charge in [0, 0.05) is 21.1 Å². The second kappa shape index (κ2) is 7.68. The van der Waals surface area contributed by atoms with E-state index in [4.69, 9.17) is 23.2 Å². The lowest BCUT2D eigenvalue weighted by Gasteiger charge is -2.37. The first kappa shape index (κ1) is 23.5. The molecule has 2 bridgehead atoms. The molecule has 2 fully saturated rings. The molecule has 0 aromatic heterocycles. The molecule has 33 heavy (non-hydrogen) atoms. The molecule has 0 saturated heterocycles. The van der Waals surface area contributed by atoms with Crippen molar-refractivity contribution in [1.29, 1.82) is 5.26 Å². The summed E-state index contributed by atoms with van der Waals surface area (Å²) in [7, 11) is 0. The zero-order valence-electron chi connectivity index (χ0n) is 18.9. The lowest BCUT2D eigenvalue weighted by molar-refractivity contribution is -0.147. The van der Waals surface area contributed by atoms with Crippen LogP contribution in [0.2, 0.25) is 10.0 Å². The van der Waals surface area contributed by atoms with Crippen molar-refractivity contribution in [1.82, 2.24) is 0 Å². The Morgan fingerprint density at radius 2 is 1.70 bits per heavy atom. The van der Waals surface area contributed by atoms with E-state index in [-0.39, 0.29) is 0 Å². The molecule has 0 heterocycles. The summed E-state index contributed by atoms with van der Waals surface area (Å²) < 4.78 is 0. The fourth-order valence-corrected chi connectivity index (χ4v) is 5.94. The number of nitrogens with zero attached hydrogens (tertiary/aromatic N) is 1. The fraction of sp³-hybridized carbons (Fsp3) is 0.385. The van der Waals surface area contributed by atoms with Crippen LogP contribution in [0.15, 0.2) is 36.4 Å². The van der Waals surface area contributed by atoms with Gasteiger partial charge in [-0.2, -0.15) is 5.26 Å². The van der Waals surface area contributed by atoms with E-state index in [9.17, 15) is 19.6 Å². The van der Waals surface area contributed by atoms with Crippen LogP contribution >= 0.6 is 23.2 Å². The van der Waals surface area contributed by atoms with E-state index >= 15 is 0 Å². The molecule has 0 aliphatic heterocycles. The van der Waals surface area contributed by atoms with Crippen LogP contribution in [0, 0.1) is 34.5 Å². The average molecular weight is 483 g/mol. The molecular formula is C26H24Cl2N2O3. The predicted molar refractivity (Wildman–Crippen MR) is 127 cm³/mol. The van der Waals surface area contributed by atoms with Crippen LogP contribution < -0.4 is 5.32 Å². The van der Waals surface area contributed by atoms with Crippen LogP contribution in [0.5, 0.6) is 0 Å². The Balaban J connectivity index is 1.68. The minimum absolute atomic E-state index is 0.319. The fourth-order valence-electron chi connectivity index (χ4n) is 5.54. The van der Waals surface area contributed by atoms with E-state index in [0.717, 1.165) is 5.56 Å². The van der Waals surface area contributed by atoms with Gasteiger partial charge >= 0.3 is 0 Å². The number of fused-ring (bicyclic) bond motifs is 2. The number of nitriles is 1. The van der Waals surface area contributed by atoms with Crippen LogP contribution in [0.4, 0.5) is 5.69 Å².